The van der Waals surface area contributed by atoms with Gasteiger partial charge in [-0.1, -0.05) is 24.3 Å². The standard InChI is InChI=1S/C14H16N2O/c1-10-5-2-3-6-11(10)12-9-15-14-13(17)7-4-8-16(12)14/h2-3,5-6,9,13,17H,4,7-8H2,1H3. The molecule has 0 bridgehead atoms. The van der Waals surface area contributed by atoms with Gasteiger partial charge in [-0.25, -0.2) is 4.98 Å². The Morgan fingerprint density at radius 1 is 1.35 bits per heavy atom. The first kappa shape index (κ1) is 10.5. The van der Waals surface area contributed by atoms with E-state index in [4.69, 9.17) is 0 Å². The van der Waals surface area contributed by atoms with Crippen LogP contribution in [0.25, 0.3) is 11.3 Å². The smallest absolute Gasteiger partial charge is 0.138 e. The number of nitrogens with zero attached hydrogens (tertiary/aromatic N) is 2. The SMILES string of the molecule is Cc1ccccc1-c1cnc2n1CCCC2O. The van der Waals surface area contributed by atoms with Crippen molar-refractivity contribution in [1.29, 1.82) is 0 Å². The molecule has 0 saturated heterocycles. The molecule has 0 aliphatic carbocycles. The molecule has 0 spiro atoms. The molecule has 1 N–H and O–H groups in total. The number of aliphatic hydroxyl groups excluding tert-OH is 1. The van der Waals surface area contributed by atoms with Gasteiger partial charge in [-0.05, 0) is 25.3 Å². The maximum absolute atomic E-state index is 9.91. The number of benzene rings is 1. The van der Waals surface area contributed by atoms with Gasteiger partial charge in [0.2, 0.25) is 0 Å². The third-order valence-corrected chi connectivity index (χ3v) is 3.46. The zero-order valence-corrected chi connectivity index (χ0v) is 9.93. The Kier molecular flexibility index (Phi) is 2.48. The Morgan fingerprint density at radius 3 is 3.00 bits per heavy atom. The van der Waals surface area contributed by atoms with Crippen LogP contribution in [0.5, 0.6) is 0 Å². The lowest BCUT2D eigenvalue weighted by Gasteiger charge is -2.21. The highest BCUT2D eigenvalue weighted by Gasteiger charge is 2.22. The summed E-state index contributed by atoms with van der Waals surface area (Å²) in [7, 11) is 0. The Labute approximate surface area is 101 Å². The lowest BCUT2D eigenvalue weighted by atomic mass is 10.1. The number of hydrogen-bond acceptors (Lipinski definition) is 2. The number of aryl methyl sites for hydroxylation is 1. The molecule has 1 aromatic heterocycles. The summed E-state index contributed by atoms with van der Waals surface area (Å²) in [5.74, 6) is 0.814. The van der Waals surface area contributed by atoms with Crippen molar-refractivity contribution < 1.29 is 5.11 Å². The Morgan fingerprint density at radius 2 is 2.18 bits per heavy atom. The van der Waals surface area contributed by atoms with Gasteiger partial charge < -0.3 is 9.67 Å². The van der Waals surface area contributed by atoms with Gasteiger partial charge in [0.25, 0.3) is 0 Å². The predicted octanol–water partition coefficient (Wildman–Crippen LogP) is 2.69. The first-order valence-electron chi connectivity index (χ1n) is 6.07. The van der Waals surface area contributed by atoms with E-state index in [0.717, 1.165) is 30.9 Å². The van der Waals surface area contributed by atoms with E-state index in [2.05, 4.69) is 28.6 Å². The first-order valence-corrected chi connectivity index (χ1v) is 6.07. The average molecular weight is 228 g/mol. The molecular formula is C14H16N2O. The lowest BCUT2D eigenvalue weighted by molar-refractivity contribution is 0.134. The summed E-state index contributed by atoms with van der Waals surface area (Å²) in [6, 6.07) is 8.30. The zero-order chi connectivity index (χ0) is 11.8. The van der Waals surface area contributed by atoms with E-state index in [1.165, 1.54) is 11.1 Å². The minimum Gasteiger partial charge on any atom is -0.385 e. The third kappa shape index (κ3) is 1.67. The number of hydrogen-bond donors (Lipinski definition) is 1. The van der Waals surface area contributed by atoms with E-state index in [1.54, 1.807) is 0 Å². The summed E-state index contributed by atoms with van der Waals surface area (Å²) in [6.07, 6.45) is 3.32. The van der Waals surface area contributed by atoms with E-state index in [9.17, 15) is 5.11 Å². The molecule has 88 valence electrons. The number of rotatable bonds is 1. The van der Waals surface area contributed by atoms with Crippen LogP contribution in [0.4, 0.5) is 0 Å². The number of fused-ring (bicyclic) bond motifs is 1. The molecule has 1 unspecified atom stereocenters. The lowest BCUT2D eigenvalue weighted by Crippen LogP contribution is -2.16. The van der Waals surface area contributed by atoms with Crippen LogP contribution in [0.3, 0.4) is 0 Å². The van der Waals surface area contributed by atoms with E-state index in [-0.39, 0.29) is 0 Å². The minimum absolute atomic E-state index is 0.401. The fourth-order valence-corrected chi connectivity index (χ4v) is 2.54. The second-order valence-electron chi connectivity index (χ2n) is 4.63. The molecule has 3 heteroatoms. The second kappa shape index (κ2) is 4.00. The summed E-state index contributed by atoms with van der Waals surface area (Å²) >= 11 is 0. The van der Waals surface area contributed by atoms with Gasteiger partial charge in [0, 0.05) is 12.1 Å². The van der Waals surface area contributed by atoms with E-state index in [0.29, 0.717) is 0 Å². The maximum atomic E-state index is 9.91. The van der Waals surface area contributed by atoms with E-state index in [1.807, 2.05) is 18.3 Å². The summed E-state index contributed by atoms with van der Waals surface area (Å²) in [6.45, 7) is 3.06. The summed E-state index contributed by atoms with van der Waals surface area (Å²) in [5.41, 5.74) is 3.58. The van der Waals surface area contributed by atoms with Crippen LogP contribution < -0.4 is 0 Å². The van der Waals surface area contributed by atoms with Gasteiger partial charge in [0.15, 0.2) is 0 Å². The monoisotopic (exact) mass is 228 g/mol. The molecule has 0 saturated carbocycles. The highest BCUT2D eigenvalue weighted by Crippen LogP contribution is 2.31. The van der Waals surface area contributed by atoms with Gasteiger partial charge in [-0.15, -0.1) is 0 Å². The van der Waals surface area contributed by atoms with Crippen LogP contribution in [0.2, 0.25) is 0 Å². The summed E-state index contributed by atoms with van der Waals surface area (Å²) < 4.78 is 2.15. The van der Waals surface area contributed by atoms with Crippen molar-refractivity contribution in [3.8, 4) is 11.3 Å². The van der Waals surface area contributed by atoms with Gasteiger partial charge >= 0.3 is 0 Å². The highest BCUT2D eigenvalue weighted by molar-refractivity contribution is 5.63. The van der Waals surface area contributed by atoms with Crippen molar-refractivity contribution in [2.24, 2.45) is 0 Å². The Bertz CT molecular complexity index is 545. The molecule has 1 aliphatic heterocycles. The van der Waals surface area contributed by atoms with Crippen molar-refractivity contribution in [3.05, 3.63) is 41.9 Å². The van der Waals surface area contributed by atoms with Crippen LogP contribution >= 0.6 is 0 Å². The van der Waals surface area contributed by atoms with Crippen molar-refractivity contribution in [2.75, 3.05) is 0 Å². The quantitative estimate of drug-likeness (QED) is 0.815. The van der Waals surface area contributed by atoms with Gasteiger partial charge in [-0.2, -0.15) is 0 Å². The molecule has 2 aromatic rings. The van der Waals surface area contributed by atoms with Gasteiger partial charge in [-0.3, -0.25) is 0 Å². The summed E-state index contributed by atoms with van der Waals surface area (Å²) in [4.78, 5) is 4.37. The molecule has 0 fully saturated rings. The molecular weight excluding hydrogens is 212 g/mol. The molecule has 1 atom stereocenters. The number of aliphatic hydroxyl groups is 1. The fraction of sp³-hybridized carbons (Fsp3) is 0.357. The van der Waals surface area contributed by atoms with Crippen molar-refractivity contribution in [2.45, 2.75) is 32.4 Å². The topological polar surface area (TPSA) is 38.0 Å². The number of aromatic nitrogens is 2. The van der Waals surface area contributed by atoms with Crippen LogP contribution in [0.1, 0.15) is 30.3 Å². The molecule has 1 aromatic carbocycles. The predicted molar refractivity (Wildman–Crippen MR) is 66.6 cm³/mol. The van der Waals surface area contributed by atoms with Gasteiger partial charge in [0.1, 0.15) is 11.9 Å². The van der Waals surface area contributed by atoms with Crippen LogP contribution in [-0.4, -0.2) is 14.7 Å². The van der Waals surface area contributed by atoms with Crippen molar-refractivity contribution in [3.63, 3.8) is 0 Å². The Hall–Kier alpha value is -1.61. The molecule has 17 heavy (non-hydrogen) atoms. The fourth-order valence-electron chi connectivity index (χ4n) is 2.54. The van der Waals surface area contributed by atoms with E-state index >= 15 is 0 Å². The average Bonchev–Trinajstić information content (AvgIpc) is 2.75. The van der Waals surface area contributed by atoms with Crippen LogP contribution in [0, 0.1) is 6.92 Å². The molecule has 3 rings (SSSR count). The van der Waals surface area contributed by atoms with Crippen molar-refractivity contribution >= 4 is 0 Å². The zero-order valence-electron chi connectivity index (χ0n) is 9.93. The molecule has 0 radical (unpaired) electrons. The Balaban J connectivity index is 2.14. The van der Waals surface area contributed by atoms with Gasteiger partial charge in [0.05, 0.1) is 11.9 Å². The molecule has 1 aliphatic rings. The van der Waals surface area contributed by atoms with E-state index < -0.39 is 6.10 Å². The molecule has 2 heterocycles. The summed E-state index contributed by atoms with van der Waals surface area (Å²) in [5, 5.41) is 9.91. The third-order valence-electron chi connectivity index (χ3n) is 3.46. The number of imidazole rings is 1. The van der Waals surface area contributed by atoms with Crippen LogP contribution in [-0.2, 0) is 6.54 Å². The first-order chi connectivity index (χ1) is 8.27. The normalized spacial score (nSPS) is 19.1. The van der Waals surface area contributed by atoms with Crippen molar-refractivity contribution in [1.82, 2.24) is 9.55 Å². The minimum atomic E-state index is -0.401. The highest BCUT2D eigenvalue weighted by atomic mass is 16.3. The largest absolute Gasteiger partial charge is 0.385 e. The molecule has 3 nitrogen and oxygen atoms in total. The van der Waals surface area contributed by atoms with Crippen LogP contribution in [0.15, 0.2) is 30.5 Å². The maximum Gasteiger partial charge on any atom is 0.138 e. The molecule has 0 amide bonds. The second-order valence-corrected chi connectivity index (χ2v) is 4.63.